The second kappa shape index (κ2) is 9.69. The Hall–Kier alpha value is -3.67. The minimum absolute atomic E-state index is 0.273. The number of esters is 1. The van der Waals surface area contributed by atoms with E-state index in [1.165, 1.54) is 19.2 Å². The highest BCUT2D eigenvalue weighted by Gasteiger charge is 2.23. The number of halogens is 1. The van der Waals surface area contributed by atoms with Gasteiger partial charge < -0.3 is 15.0 Å². The maximum Gasteiger partial charge on any atom is 0.337 e. The molecule has 1 unspecified atom stereocenters. The minimum Gasteiger partial charge on any atom is -0.465 e. The van der Waals surface area contributed by atoms with Crippen LogP contribution < -0.4 is 5.32 Å². The minimum atomic E-state index is -0.407. The first-order chi connectivity index (χ1) is 14.5. The Bertz CT molecular complexity index is 989. The van der Waals surface area contributed by atoms with Gasteiger partial charge in [0.15, 0.2) is 0 Å². The van der Waals surface area contributed by atoms with Crippen LogP contribution in [0.3, 0.4) is 0 Å². The quantitative estimate of drug-likeness (QED) is 0.612. The summed E-state index contributed by atoms with van der Waals surface area (Å²) in [5.41, 5.74) is 3.03. The molecular formula is C24H23FN2O3. The van der Waals surface area contributed by atoms with Crippen molar-refractivity contribution in [2.75, 3.05) is 14.2 Å². The third-order valence-electron chi connectivity index (χ3n) is 4.83. The van der Waals surface area contributed by atoms with Crippen LogP contribution in [0.25, 0.3) is 0 Å². The summed E-state index contributed by atoms with van der Waals surface area (Å²) in [5.74, 6) is -0.733. The Morgan fingerprint density at radius 2 is 1.53 bits per heavy atom. The lowest BCUT2D eigenvalue weighted by atomic mass is 9.97. The summed E-state index contributed by atoms with van der Waals surface area (Å²) in [7, 11) is 3.04. The first-order valence-electron chi connectivity index (χ1n) is 9.48. The molecule has 0 aliphatic carbocycles. The summed E-state index contributed by atoms with van der Waals surface area (Å²) in [5, 5.41) is 2.89. The summed E-state index contributed by atoms with van der Waals surface area (Å²) in [6.45, 7) is 0.301. The fourth-order valence-corrected chi connectivity index (χ4v) is 3.22. The maximum atomic E-state index is 13.4. The van der Waals surface area contributed by atoms with E-state index in [0.717, 1.165) is 16.7 Å². The molecule has 3 rings (SSSR count). The summed E-state index contributed by atoms with van der Waals surface area (Å²) in [6, 6.07) is 21.9. The molecule has 2 amide bonds. The van der Waals surface area contributed by atoms with Crippen molar-refractivity contribution in [1.82, 2.24) is 10.2 Å². The highest BCUT2D eigenvalue weighted by atomic mass is 19.1. The van der Waals surface area contributed by atoms with Crippen molar-refractivity contribution < 1.29 is 18.7 Å². The SMILES string of the molecule is COC(=O)c1ccc(CNC(=O)N(C)C(c2ccccc2)c2ccc(F)cc2)cc1. The molecule has 3 aromatic carbocycles. The molecule has 154 valence electrons. The van der Waals surface area contributed by atoms with Crippen molar-refractivity contribution in [2.45, 2.75) is 12.6 Å². The van der Waals surface area contributed by atoms with Crippen molar-refractivity contribution >= 4 is 12.0 Å². The third-order valence-corrected chi connectivity index (χ3v) is 4.83. The maximum absolute atomic E-state index is 13.4. The van der Waals surface area contributed by atoms with Gasteiger partial charge in [0.25, 0.3) is 0 Å². The smallest absolute Gasteiger partial charge is 0.337 e. The Balaban J connectivity index is 1.74. The number of hydrogen-bond donors (Lipinski definition) is 1. The molecule has 5 nitrogen and oxygen atoms in total. The van der Waals surface area contributed by atoms with E-state index in [-0.39, 0.29) is 17.9 Å². The van der Waals surface area contributed by atoms with E-state index < -0.39 is 5.97 Å². The van der Waals surface area contributed by atoms with Gasteiger partial charge in [0, 0.05) is 13.6 Å². The number of methoxy groups -OCH3 is 1. The van der Waals surface area contributed by atoms with E-state index in [2.05, 4.69) is 10.1 Å². The van der Waals surface area contributed by atoms with Crippen LogP contribution in [0.15, 0.2) is 78.9 Å². The number of carbonyl (C=O) groups excluding carboxylic acids is 2. The van der Waals surface area contributed by atoms with Crippen molar-refractivity contribution in [3.8, 4) is 0 Å². The lowest BCUT2D eigenvalue weighted by Gasteiger charge is -2.29. The zero-order valence-corrected chi connectivity index (χ0v) is 16.8. The Morgan fingerprint density at radius 1 is 0.933 bits per heavy atom. The lowest BCUT2D eigenvalue weighted by Crippen LogP contribution is -2.39. The van der Waals surface area contributed by atoms with Crippen LogP contribution in [0.1, 0.15) is 33.1 Å². The fourth-order valence-electron chi connectivity index (χ4n) is 3.22. The largest absolute Gasteiger partial charge is 0.465 e. The molecule has 0 heterocycles. The van der Waals surface area contributed by atoms with E-state index in [0.29, 0.717) is 12.1 Å². The van der Waals surface area contributed by atoms with E-state index in [9.17, 15) is 14.0 Å². The van der Waals surface area contributed by atoms with Crippen LogP contribution in [0.4, 0.5) is 9.18 Å². The molecule has 3 aromatic rings. The molecule has 1 atom stereocenters. The normalized spacial score (nSPS) is 11.4. The predicted molar refractivity (Wildman–Crippen MR) is 112 cm³/mol. The summed E-state index contributed by atoms with van der Waals surface area (Å²) in [4.78, 5) is 26.0. The molecule has 30 heavy (non-hydrogen) atoms. The van der Waals surface area contributed by atoms with Gasteiger partial charge in [-0.25, -0.2) is 14.0 Å². The number of nitrogens with zero attached hydrogens (tertiary/aromatic N) is 1. The van der Waals surface area contributed by atoms with E-state index in [1.54, 1.807) is 48.3 Å². The van der Waals surface area contributed by atoms with Crippen molar-refractivity contribution in [3.63, 3.8) is 0 Å². The second-order valence-electron chi connectivity index (χ2n) is 6.82. The van der Waals surface area contributed by atoms with Gasteiger partial charge in [-0.15, -0.1) is 0 Å². The topological polar surface area (TPSA) is 58.6 Å². The Morgan fingerprint density at radius 3 is 2.13 bits per heavy atom. The number of benzene rings is 3. The molecule has 0 fully saturated rings. The molecule has 0 radical (unpaired) electrons. The van der Waals surface area contributed by atoms with Crippen LogP contribution in [0.5, 0.6) is 0 Å². The van der Waals surface area contributed by atoms with E-state index >= 15 is 0 Å². The molecule has 0 bridgehead atoms. The predicted octanol–water partition coefficient (Wildman–Crippen LogP) is 4.54. The van der Waals surface area contributed by atoms with Crippen LogP contribution in [0.2, 0.25) is 0 Å². The van der Waals surface area contributed by atoms with Gasteiger partial charge in [-0.05, 0) is 41.0 Å². The van der Waals surface area contributed by atoms with Gasteiger partial charge in [0.1, 0.15) is 5.82 Å². The van der Waals surface area contributed by atoms with Gasteiger partial charge in [-0.1, -0.05) is 54.6 Å². The summed E-state index contributed by atoms with van der Waals surface area (Å²) < 4.78 is 18.1. The first-order valence-corrected chi connectivity index (χ1v) is 9.48. The average molecular weight is 406 g/mol. The van der Waals surface area contributed by atoms with Gasteiger partial charge in [-0.3, -0.25) is 0 Å². The molecule has 1 N–H and O–H groups in total. The van der Waals surface area contributed by atoms with Gasteiger partial charge in [0.05, 0.1) is 18.7 Å². The number of rotatable bonds is 6. The van der Waals surface area contributed by atoms with Crippen LogP contribution in [-0.2, 0) is 11.3 Å². The number of ether oxygens (including phenoxy) is 1. The highest BCUT2D eigenvalue weighted by Crippen LogP contribution is 2.27. The van der Waals surface area contributed by atoms with Crippen molar-refractivity contribution in [2.24, 2.45) is 0 Å². The first kappa shape index (κ1) is 21.0. The van der Waals surface area contributed by atoms with Gasteiger partial charge in [0.2, 0.25) is 0 Å². The van der Waals surface area contributed by atoms with E-state index in [1.807, 2.05) is 30.3 Å². The molecule has 0 saturated carbocycles. The summed E-state index contributed by atoms with van der Waals surface area (Å²) in [6.07, 6.45) is 0. The molecule has 0 spiro atoms. The number of hydrogen-bond acceptors (Lipinski definition) is 3. The van der Waals surface area contributed by atoms with Crippen molar-refractivity contribution in [1.29, 1.82) is 0 Å². The Kier molecular flexibility index (Phi) is 6.80. The molecule has 0 saturated heterocycles. The molecule has 6 heteroatoms. The number of urea groups is 1. The second-order valence-corrected chi connectivity index (χ2v) is 6.82. The molecule has 0 aromatic heterocycles. The van der Waals surface area contributed by atoms with Crippen molar-refractivity contribution in [3.05, 3.63) is 107 Å². The zero-order valence-electron chi connectivity index (χ0n) is 16.8. The molecule has 0 aliphatic rings. The van der Waals surface area contributed by atoms with Gasteiger partial charge >= 0.3 is 12.0 Å². The lowest BCUT2D eigenvalue weighted by molar-refractivity contribution is 0.0600. The molecular weight excluding hydrogens is 383 g/mol. The van der Waals surface area contributed by atoms with Gasteiger partial charge in [-0.2, -0.15) is 0 Å². The molecule has 0 aliphatic heterocycles. The highest BCUT2D eigenvalue weighted by molar-refractivity contribution is 5.89. The monoisotopic (exact) mass is 406 g/mol. The standard InChI is InChI=1S/C24H23FN2O3/c1-27(24(29)26-16-17-8-10-20(11-9-17)23(28)30-2)22(18-6-4-3-5-7-18)19-12-14-21(25)15-13-19/h3-15,22H,16H2,1-2H3,(H,26,29). The number of carbonyl (C=O) groups is 2. The Labute approximate surface area is 175 Å². The number of amides is 2. The number of nitrogens with one attached hydrogen (secondary N) is 1. The average Bonchev–Trinajstić information content (AvgIpc) is 2.79. The third kappa shape index (κ3) is 5.03. The van der Waals surface area contributed by atoms with Crippen LogP contribution >= 0.6 is 0 Å². The van der Waals surface area contributed by atoms with Crippen LogP contribution in [0, 0.1) is 5.82 Å². The van der Waals surface area contributed by atoms with Crippen LogP contribution in [-0.4, -0.2) is 31.1 Å². The van der Waals surface area contributed by atoms with E-state index in [4.69, 9.17) is 0 Å². The summed E-state index contributed by atoms with van der Waals surface area (Å²) >= 11 is 0. The zero-order chi connectivity index (χ0) is 21.5. The fraction of sp³-hybridized carbons (Fsp3) is 0.167.